The zero-order valence-electron chi connectivity index (χ0n) is 11.4. The third kappa shape index (κ3) is 4.02. The molecule has 2 aromatic carbocycles. The van der Waals surface area contributed by atoms with Crippen LogP contribution >= 0.6 is 0 Å². The quantitative estimate of drug-likeness (QED) is 0.380. The summed E-state index contributed by atoms with van der Waals surface area (Å²) < 4.78 is 5.71. The molecule has 0 amide bonds. The Bertz CT molecular complexity index is 574. The average molecular weight is 270 g/mol. The summed E-state index contributed by atoms with van der Waals surface area (Å²) >= 11 is 0. The standard InChI is InChI=1S/C16H18N2O2/c1-12-2-4-14(5-3-12)11-20-15-8-6-13(7-9-15)10-16(17)18-19/h2-9,19H,10-11H2,1H3,(H2,17,18). The molecular weight excluding hydrogens is 252 g/mol. The SMILES string of the molecule is Cc1ccc(COc2ccc(C/C(N)=N/O)cc2)cc1. The molecule has 104 valence electrons. The maximum atomic E-state index is 8.52. The Morgan fingerprint density at radius 1 is 1.05 bits per heavy atom. The molecule has 0 heterocycles. The van der Waals surface area contributed by atoms with Gasteiger partial charge < -0.3 is 15.7 Å². The third-order valence-electron chi connectivity index (χ3n) is 2.96. The molecule has 0 aromatic heterocycles. The zero-order chi connectivity index (χ0) is 14.4. The van der Waals surface area contributed by atoms with Gasteiger partial charge >= 0.3 is 0 Å². The lowest BCUT2D eigenvalue weighted by Gasteiger charge is -2.07. The Labute approximate surface area is 118 Å². The predicted molar refractivity (Wildman–Crippen MR) is 79.1 cm³/mol. The summed E-state index contributed by atoms with van der Waals surface area (Å²) in [5.74, 6) is 0.993. The van der Waals surface area contributed by atoms with Gasteiger partial charge in [0.15, 0.2) is 0 Å². The lowest BCUT2D eigenvalue weighted by Crippen LogP contribution is -2.14. The summed E-state index contributed by atoms with van der Waals surface area (Å²) in [6.45, 7) is 2.60. The van der Waals surface area contributed by atoms with Gasteiger partial charge in [-0.05, 0) is 30.2 Å². The molecule has 0 bridgehead atoms. The Morgan fingerprint density at radius 2 is 1.65 bits per heavy atom. The van der Waals surface area contributed by atoms with E-state index in [0.29, 0.717) is 13.0 Å². The first-order chi connectivity index (χ1) is 9.67. The van der Waals surface area contributed by atoms with Crippen LogP contribution in [0, 0.1) is 6.92 Å². The number of nitrogens with zero attached hydrogens (tertiary/aromatic N) is 1. The summed E-state index contributed by atoms with van der Waals surface area (Å²) in [6, 6.07) is 15.8. The molecule has 3 N–H and O–H groups in total. The Hall–Kier alpha value is -2.49. The lowest BCUT2D eigenvalue weighted by molar-refractivity contribution is 0.306. The van der Waals surface area contributed by atoms with Crippen LogP contribution in [0.5, 0.6) is 5.75 Å². The van der Waals surface area contributed by atoms with Gasteiger partial charge in [0.05, 0.1) is 0 Å². The number of aryl methyl sites for hydroxylation is 1. The molecule has 0 saturated carbocycles. The van der Waals surface area contributed by atoms with Crippen molar-refractivity contribution in [3.63, 3.8) is 0 Å². The molecule has 4 nitrogen and oxygen atoms in total. The normalized spacial score (nSPS) is 11.3. The third-order valence-corrected chi connectivity index (χ3v) is 2.96. The maximum absolute atomic E-state index is 8.52. The van der Waals surface area contributed by atoms with Gasteiger partial charge in [0.1, 0.15) is 18.2 Å². The Balaban J connectivity index is 1.92. The number of benzene rings is 2. The van der Waals surface area contributed by atoms with Crippen molar-refractivity contribution in [2.24, 2.45) is 10.9 Å². The van der Waals surface area contributed by atoms with Crippen LogP contribution in [0.3, 0.4) is 0 Å². The first kappa shape index (κ1) is 13.9. The van der Waals surface area contributed by atoms with Crippen molar-refractivity contribution in [1.82, 2.24) is 0 Å². The van der Waals surface area contributed by atoms with E-state index in [9.17, 15) is 0 Å². The molecule has 0 unspecified atom stereocenters. The summed E-state index contributed by atoms with van der Waals surface area (Å²) in [4.78, 5) is 0. The van der Waals surface area contributed by atoms with Gasteiger partial charge in [-0.1, -0.05) is 47.1 Å². The Morgan fingerprint density at radius 3 is 2.25 bits per heavy atom. The van der Waals surface area contributed by atoms with Crippen LogP contribution in [0.1, 0.15) is 16.7 Å². The summed E-state index contributed by atoms with van der Waals surface area (Å²) in [7, 11) is 0. The number of hydrogen-bond acceptors (Lipinski definition) is 3. The minimum Gasteiger partial charge on any atom is -0.489 e. The Kier molecular flexibility index (Phi) is 4.60. The maximum Gasteiger partial charge on any atom is 0.143 e. The van der Waals surface area contributed by atoms with Crippen LogP contribution in [-0.4, -0.2) is 11.0 Å². The zero-order valence-corrected chi connectivity index (χ0v) is 11.4. The second-order valence-electron chi connectivity index (χ2n) is 4.69. The monoisotopic (exact) mass is 270 g/mol. The fourth-order valence-electron chi connectivity index (χ4n) is 1.80. The number of nitrogens with two attached hydrogens (primary N) is 1. The number of ether oxygens (including phenoxy) is 1. The highest BCUT2D eigenvalue weighted by atomic mass is 16.5. The predicted octanol–water partition coefficient (Wildman–Crippen LogP) is 2.86. The van der Waals surface area contributed by atoms with Crippen molar-refractivity contribution in [2.75, 3.05) is 0 Å². The number of amidine groups is 1. The van der Waals surface area contributed by atoms with Crippen LogP contribution in [0.4, 0.5) is 0 Å². The number of oxime groups is 1. The van der Waals surface area contributed by atoms with E-state index in [-0.39, 0.29) is 5.84 Å². The van der Waals surface area contributed by atoms with Crippen molar-refractivity contribution in [2.45, 2.75) is 20.0 Å². The molecular formula is C16H18N2O2. The van der Waals surface area contributed by atoms with Crippen LogP contribution in [0.2, 0.25) is 0 Å². The van der Waals surface area contributed by atoms with Gasteiger partial charge in [-0.15, -0.1) is 0 Å². The molecule has 0 aliphatic heterocycles. The molecule has 4 heteroatoms. The van der Waals surface area contributed by atoms with Gasteiger partial charge in [0.25, 0.3) is 0 Å². The molecule has 0 atom stereocenters. The highest BCUT2D eigenvalue weighted by Crippen LogP contribution is 2.15. The second kappa shape index (κ2) is 6.61. The van der Waals surface area contributed by atoms with Gasteiger partial charge in [0, 0.05) is 6.42 Å². The number of rotatable bonds is 5. The second-order valence-corrected chi connectivity index (χ2v) is 4.69. The van der Waals surface area contributed by atoms with Gasteiger partial charge in [-0.3, -0.25) is 0 Å². The number of hydrogen-bond donors (Lipinski definition) is 2. The molecule has 0 radical (unpaired) electrons. The van der Waals surface area contributed by atoms with Crippen molar-refractivity contribution in [3.8, 4) is 5.75 Å². The minimum atomic E-state index is 0.193. The van der Waals surface area contributed by atoms with Gasteiger partial charge in [0.2, 0.25) is 0 Å². The molecule has 20 heavy (non-hydrogen) atoms. The fraction of sp³-hybridized carbons (Fsp3) is 0.188. The largest absolute Gasteiger partial charge is 0.489 e. The van der Waals surface area contributed by atoms with Crippen molar-refractivity contribution >= 4 is 5.84 Å². The van der Waals surface area contributed by atoms with E-state index in [1.54, 1.807) is 0 Å². The lowest BCUT2D eigenvalue weighted by atomic mass is 10.1. The van der Waals surface area contributed by atoms with E-state index in [2.05, 4.69) is 36.3 Å². The average Bonchev–Trinajstić information content (AvgIpc) is 2.48. The van der Waals surface area contributed by atoms with Crippen LogP contribution in [0.15, 0.2) is 53.7 Å². The minimum absolute atomic E-state index is 0.193. The van der Waals surface area contributed by atoms with Gasteiger partial charge in [-0.25, -0.2) is 0 Å². The first-order valence-electron chi connectivity index (χ1n) is 6.41. The first-order valence-corrected chi connectivity index (χ1v) is 6.41. The molecule has 0 spiro atoms. The van der Waals surface area contributed by atoms with Crippen molar-refractivity contribution in [1.29, 1.82) is 0 Å². The van der Waals surface area contributed by atoms with Gasteiger partial charge in [-0.2, -0.15) is 0 Å². The van der Waals surface area contributed by atoms with E-state index in [4.69, 9.17) is 15.7 Å². The van der Waals surface area contributed by atoms with Crippen LogP contribution in [0.25, 0.3) is 0 Å². The van der Waals surface area contributed by atoms with E-state index in [1.807, 2.05) is 24.3 Å². The van der Waals surface area contributed by atoms with Crippen molar-refractivity contribution < 1.29 is 9.94 Å². The molecule has 2 aromatic rings. The van der Waals surface area contributed by atoms with Crippen LogP contribution < -0.4 is 10.5 Å². The van der Waals surface area contributed by atoms with Crippen molar-refractivity contribution in [3.05, 3.63) is 65.2 Å². The molecule has 0 aliphatic carbocycles. The van der Waals surface area contributed by atoms with E-state index in [0.717, 1.165) is 16.9 Å². The smallest absolute Gasteiger partial charge is 0.143 e. The van der Waals surface area contributed by atoms with E-state index >= 15 is 0 Å². The van der Waals surface area contributed by atoms with Crippen LogP contribution in [-0.2, 0) is 13.0 Å². The fourth-order valence-corrected chi connectivity index (χ4v) is 1.80. The highest BCUT2D eigenvalue weighted by molar-refractivity contribution is 5.82. The molecule has 0 aliphatic rings. The molecule has 2 rings (SSSR count). The summed E-state index contributed by atoms with van der Waals surface area (Å²) in [5, 5.41) is 11.5. The summed E-state index contributed by atoms with van der Waals surface area (Å²) in [6.07, 6.45) is 0.425. The van der Waals surface area contributed by atoms with E-state index < -0.39 is 0 Å². The summed E-state index contributed by atoms with van der Waals surface area (Å²) in [5.41, 5.74) is 8.81. The highest BCUT2D eigenvalue weighted by Gasteiger charge is 1.99. The molecule has 0 fully saturated rings. The van der Waals surface area contributed by atoms with E-state index in [1.165, 1.54) is 5.56 Å². The molecule has 0 saturated heterocycles. The topological polar surface area (TPSA) is 67.8 Å².